The second-order valence-corrected chi connectivity index (χ2v) is 3.48. The van der Waals surface area contributed by atoms with Gasteiger partial charge in [0.2, 0.25) is 4.52 Å². The molecule has 4 nitrogen and oxygen atoms in total. The molecular weight excluding hydrogens is 207 g/mol. The summed E-state index contributed by atoms with van der Waals surface area (Å²) in [5.41, 5.74) is 0. The summed E-state index contributed by atoms with van der Waals surface area (Å²) in [7, 11) is 0. The Morgan fingerprint density at radius 3 is 1.50 bits per heavy atom. The molecule has 0 aromatic carbocycles. The summed E-state index contributed by atoms with van der Waals surface area (Å²) in [6, 6.07) is 0. The third-order valence-corrected chi connectivity index (χ3v) is 1.38. The highest BCUT2D eigenvalue weighted by Crippen LogP contribution is 2.19. The average Bonchev–Trinajstić information content (AvgIpc) is 2.03. The quantitative estimate of drug-likeness (QED) is 0.499. The lowest BCUT2D eigenvalue weighted by Gasteiger charge is -2.04. The lowest BCUT2D eigenvalue weighted by Crippen LogP contribution is -2.15. The normalized spacial score (nSPS) is 11.0. The Labute approximate surface area is 81.4 Å². The molecule has 0 aromatic heterocycles. The summed E-state index contributed by atoms with van der Waals surface area (Å²) in [6.07, 6.45) is -0.596. The zero-order valence-corrected chi connectivity index (χ0v) is 8.26. The molecule has 0 radical (unpaired) electrons. The Kier molecular flexibility index (Phi) is 9.99. The van der Waals surface area contributed by atoms with E-state index in [1.54, 1.807) is 6.92 Å². The Hall–Kier alpha value is 0.420. The minimum Gasteiger partial charge on any atom is -0.394 e. The van der Waals surface area contributed by atoms with E-state index in [1.165, 1.54) is 0 Å². The van der Waals surface area contributed by atoms with Gasteiger partial charge in [0.05, 0.1) is 13.2 Å². The van der Waals surface area contributed by atoms with E-state index in [9.17, 15) is 0 Å². The highest BCUT2D eigenvalue weighted by molar-refractivity contribution is 6.46. The monoisotopic (exact) mass is 220 g/mol. The number of aliphatic hydroxyl groups excluding tert-OH is 3. The van der Waals surface area contributed by atoms with E-state index in [1.807, 2.05) is 0 Å². The van der Waals surface area contributed by atoms with E-state index in [0.717, 1.165) is 0 Å². The second kappa shape index (κ2) is 8.04. The highest BCUT2D eigenvalue weighted by Gasteiger charge is 2.13. The van der Waals surface area contributed by atoms with Crippen molar-refractivity contribution in [2.45, 2.75) is 24.0 Å². The SMILES string of the molecule is CCC(O)(Cl)Cl.OCC(O)CO. The van der Waals surface area contributed by atoms with Gasteiger partial charge in [-0.3, -0.25) is 0 Å². The molecule has 0 bridgehead atoms. The van der Waals surface area contributed by atoms with Gasteiger partial charge in [0, 0.05) is 6.42 Å². The van der Waals surface area contributed by atoms with Gasteiger partial charge in [0.25, 0.3) is 0 Å². The van der Waals surface area contributed by atoms with Gasteiger partial charge in [-0.1, -0.05) is 30.1 Å². The van der Waals surface area contributed by atoms with E-state index in [0.29, 0.717) is 6.42 Å². The van der Waals surface area contributed by atoms with E-state index in [4.69, 9.17) is 43.6 Å². The molecule has 0 fully saturated rings. The highest BCUT2D eigenvalue weighted by atomic mass is 35.5. The third kappa shape index (κ3) is 16.8. The minimum absolute atomic E-state index is 0.357. The maximum absolute atomic E-state index is 8.36. The van der Waals surface area contributed by atoms with Crippen LogP contribution in [0.5, 0.6) is 0 Å². The molecule has 12 heavy (non-hydrogen) atoms. The van der Waals surface area contributed by atoms with Gasteiger partial charge in [-0.25, -0.2) is 0 Å². The number of alkyl halides is 2. The molecule has 0 aromatic rings. The van der Waals surface area contributed by atoms with Crippen molar-refractivity contribution in [1.82, 2.24) is 0 Å². The van der Waals surface area contributed by atoms with Crippen molar-refractivity contribution >= 4 is 23.2 Å². The molecular formula is C6H14Cl2O4. The summed E-state index contributed by atoms with van der Waals surface area (Å²) in [5.74, 6) is 0. The van der Waals surface area contributed by atoms with Crippen molar-refractivity contribution in [3.63, 3.8) is 0 Å². The predicted molar refractivity (Wildman–Crippen MR) is 47.1 cm³/mol. The third-order valence-electron chi connectivity index (χ3n) is 0.847. The van der Waals surface area contributed by atoms with Crippen LogP contribution >= 0.6 is 23.2 Å². The van der Waals surface area contributed by atoms with E-state index in [2.05, 4.69) is 0 Å². The van der Waals surface area contributed by atoms with Gasteiger partial charge in [-0.15, -0.1) is 0 Å². The van der Waals surface area contributed by atoms with Crippen molar-refractivity contribution < 1.29 is 20.4 Å². The molecule has 0 heterocycles. The number of hydrogen-bond donors (Lipinski definition) is 4. The molecule has 0 aliphatic carbocycles. The number of rotatable bonds is 3. The standard InChI is InChI=1S/C3H6Cl2O.C3H8O3/c1-2-3(4,5)6;4-1-3(6)2-5/h6H,2H2,1H3;3-6H,1-2H2. The van der Waals surface area contributed by atoms with Crippen LogP contribution in [0.1, 0.15) is 13.3 Å². The van der Waals surface area contributed by atoms with E-state index < -0.39 is 10.6 Å². The van der Waals surface area contributed by atoms with Gasteiger partial charge in [0.15, 0.2) is 0 Å². The first-order chi connectivity index (χ1) is 5.37. The lowest BCUT2D eigenvalue weighted by molar-refractivity contribution is 0.0450. The van der Waals surface area contributed by atoms with Crippen LogP contribution in [0.15, 0.2) is 0 Å². The fourth-order valence-electron chi connectivity index (χ4n) is 0.0577. The topological polar surface area (TPSA) is 80.9 Å². The zero-order valence-electron chi connectivity index (χ0n) is 6.74. The fourth-order valence-corrected chi connectivity index (χ4v) is 0.0577. The lowest BCUT2D eigenvalue weighted by atomic mass is 10.4. The van der Waals surface area contributed by atoms with Gasteiger partial charge in [-0.2, -0.15) is 0 Å². The summed E-state index contributed by atoms with van der Waals surface area (Å²) in [4.78, 5) is 0. The first-order valence-electron chi connectivity index (χ1n) is 3.37. The number of hydrogen-bond acceptors (Lipinski definition) is 4. The van der Waals surface area contributed by atoms with Crippen LogP contribution in [0.2, 0.25) is 0 Å². The molecule has 0 unspecified atom stereocenters. The molecule has 0 aliphatic rings. The maximum Gasteiger partial charge on any atom is 0.214 e. The van der Waals surface area contributed by atoms with Crippen LogP contribution in [-0.4, -0.2) is 44.3 Å². The summed E-state index contributed by atoms with van der Waals surface area (Å²) in [5, 5.41) is 32.4. The van der Waals surface area contributed by atoms with Gasteiger partial charge in [-0.05, 0) is 0 Å². The number of halogens is 2. The second-order valence-electron chi connectivity index (χ2n) is 2.04. The Morgan fingerprint density at radius 1 is 1.25 bits per heavy atom. The molecule has 4 N–H and O–H groups in total. The Morgan fingerprint density at radius 2 is 1.50 bits per heavy atom. The van der Waals surface area contributed by atoms with Crippen molar-refractivity contribution in [2.75, 3.05) is 13.2 Å². The van der Waals surface area contributed by atoms with Gasteiger partial charge in [0.1, 0.15) is 6.10 Å². The first-order valence-corrected chi connectivity index (χ1v) is 4.13. The van der Waals surface area contributed by atoms with Crippen LogP contribution in [0, 0.1) is 0 Å². The maximum atomic E-state index is 8.36. The molecule has 0 atom stereocenters. The van der Waals surface area contributed by atoms with Crippen LogP contribution in [0.4, 0.5) is 0 Å². The molecule has 0 amide bonds. The summed E-state index contributed by atoms with van der Waals surface area (Å²) < 4.78 is -1.51. The molecule has 76 valence electrons. The smallest absolute Gasteiger partial charge is 0.214 e. The molecule has 0 saturated carbocycles. The summed E-state index contributed by atoms with van der Waals surface area (Å²) >= 11 is 10.1. The van der Waals surface area contributed by atoms with Crippen LogP contribution in [0.3, 0.4) is 0 Å². The van der Waals surface area contributed by atoms with Gasteiger partial charge < -0.3 is 20.4 Å². The van der Waals surface area contributed by atoms with Crippen molar-refractivity contribution in [3.05, 3.63) is 0 Å². The van der Waals surface area contributed by atoms with E-state index in [-0.39, 0.29) is 13.2 Å². The van der Waals surface area contributed by atoms with Crippen LogP contribution < -0.4 is 0 Å². The molecule has 0 spiro atoms. The fraction of sp³-hybridized carbons (Fsp3) is 1.00. The van der Waals surface area contributed by atoms with Crippen molar-refractivity contribution in [3.8, 4) is 0 Å². The molecule has 0 rings (SSSR count). The average molecular weight is 221 g/mol. The zero-order chi connectivity index (χ0) is 10.2. The van der Waals surface area contributed by atoms with Crippen LogP contribution in [-0.2, 0) is 0 Å². The predicted octanol–water partition coefficient (Wildman–Crippen LogP) is -0.148. The molecule has 0 saturated heterocycles. The molecule has 6 heteroatoms. The van der Waals surface area contributed by atoms with E-state index >= 15 is 0 Å². The van der Waals surface area contributed by atoms with Crippen molar-refractivity contribution in [1.29, 1.82) is 0 Å². The van der Waals surface area contributed by atoms with Crippen molar-refractivity contribution in [2.24, 2.45) is 0 Å². The molecule has 0 aliphatic heterocycles. The van der Waals surface area contributed by atoms with Gasteiger partial charge >= 0.3 is 0 Å². The van der Waals surface area contributed by atoms with Crippen LogP contribution in [0.25, 0.3) is 0 Å². The largest absolute Gasteiger partial charge is 0.394 e. The Bertz CT molecular complexity index is 90.0. The Balaban J connectivity index is 0. The number of aliphatic hydroxyl groups is 4. The summed E-state index contributed by atoms with van der Waals surface area (Å²) in [6.45, 7) is 0.965. The minimum atomic E-state index is -1.51. The first kappa shape index (κ1) is 14.9.